The lowest BCUT2D eigenvalue weighted by molar-refractivity contribution is -0.440. The van der Waals surface area contributed by atoms with Gasteiger partial charge in [0.2, 0.25) is 0 Å². The molecule has 0 amide bonds. The van der Waals surface area contributed by atoms with Gasteiger partial charge < -0.3 is 30.3 Å². The van der Waals surface area contributed by atoms with Gasteiger partial charge in [-0.25, -0.2) is 0 Å². The monoisotopic (exact) mass is 528 g/mol. The van der Waals surface area contributed by atoms with Crippen LogP contribution in [-0.2, 0) is 4.74 Å². The van der Waals surface area contributed by atoms with Crippen molar-refractivity contribution in [2.24, 2.45) is 0 Å². The topological polar surface area (TPSA) is 110 Å². The van der Waals surface area contributed by atoms with Crippen molar-refractivity contribution in [1.29, 1.82) is 0 Å². The molecule has 5 N–H and O–H groups in total. The molecule has 0 aliphatic heterocycles. The molecule has 0 aromatic rings. The van der Waals surface area contributed by atoms with Gasteiger partial charge in [-0.05, 0) is 0 Å². The van der Waals surface area contributed by atoms with Gasteiger partial charge in [-0.1, -0.05) is 0 Å². The van der Waals surface area contributed by atoms with Gasteiger partial charge >= 0.3 is 35.8 Å². The fourth-order valence-electron chi connectivity index (χ4n) is 2.07. The molecule has 6 nitrogen and oxygen atoms in total. The van der Waals surface area contributed by atoms with Gasteiger partial charge in [0.15, 0.2) is 0 Å². The average molecular weight is 528 g/mol. The maximum atomic E-state index is 13.6. The molecule has 0 aliphatic rings. The van der Waals surface area contributed by atoms with E-state index < -0.39 is 86.4 Å². The Bertz CT molecular complexity index is 627. The first-order valence-corrected chi connectivity index (χ1v) is 8.29. The van der Waals surface area contributed by atoms with Gasteiger partial charge in [-0.2, -0.15) is 57.1 Å². The summed E-state index contributed by atoms with van der Waals surface area (Å²) in [7, 11) is 0. The average Bonchev–Trinajstić information content (AvgIpc) is 2.64. The molecule has 0 bridgehead atoms. The number of hydrogen-bond acceptors (Lipinski definition) is 6. The van der Waals surface area contributed by atoms with E-state index in [0.717, 1.165) is 0 Å². The Balaban J connectivity index is 5.46. The molecule has 0 saturated heterocycles. The molecule has 19 heteroatoms. The fourth-order valence-corrected chi connectivity index (χ4v) is 2.07. The standard InChI is InChI=1S/C14H17F13O6/c15-9(16,1-5(29)3-33-4-7(31)8(32)6(30)2-28)10(17,18)11(19,20)12(21,22)13(23,24)14(25,26)27/h5-8,28-32H,1-4H2/t5?,6-,7+,8+/m1/s1. The van der Waals surface area contributed by atoms with Crippen LogP contribution in [0.25, 0.3) is 0 Å². The van der Waals surface area contributed by atoms with Gasteiger partial charge in [-0.3, -0.25) is 0 Å². The molecular formula is C14H17F13O6. The number of hydrogen-bond donors (Lipinski definition) is 5. The molecule has 0 aromatic heterocycles. The van der Waals surface area contributed by atoms with Gasteiger partial charge in [0.05, 0.1) is 25.9 Å². The summed E-state index contributed by atoms with van der Waals surface area (Å²) < 4.78 is 172. The molecule has 0 aromatic carbocycles. The first-order valence-electron chi connectivity index (χ1n) is 8.29. The van der Waals surface area contributed by atoms with Crippen LogP contribution < -0.4 is 0 Å². The van der Waals surface area contributed by atoms with Crippen molar-refractivity contribution in [1.82, 2.24) is 0 Å². The number of alkyl halides is 13. The Kier molecular flexibility index (Phi) is 9.87. The highest BCUT2D eigenvalue weighted by atomic mass is 19.4. The Hall–Kier alpha value is -1.15. The van der Waals surface area contributed by atoms with Crippen molar-refractivity contribution in [3.05, 3.63) is 0 Å². The smallest absolute Gasteiger partial charge is 0.394 e. The van der Waals surface area contributed by atoms with Crippen LogP contribution in [0.15, 0.2) is 0 Å². The predicted octanol–water partition coefficient (Wildman–Crippen LogP) is 1.57. The molecule has 200 valence electrons. The van der Waals surface area contributed by atoms with Crippen LogP contribution in [0.2, 0.25) is 0 Å². The summed E-state index contributed by atoms with van der Waals surface area (Å²) in [4.78, 5) is 0. The third-order valence-corrected chi connectivity index (χ3v) is 4.06. The van der Waals surface area contributed by atoms with E-state index in [-0.39, 0.29) is 0 Å². The van der Waals surface area contributed by atoms with Crippen molar-refractivity contribution < 1.29 is 87.3 Å². The first-order chi connectivity index (χ1) is 14.4. The van der Waals surface area contributed by atoms with Crippen molar-refractivity contribution >= 4 is 0 Å². The van der Waals surface area contributed by atoms with Gasteiger partial charge in [0.25, 0.3) is 0 Å². The zero-order valence-electron chi connectivity index (χ0n) is 15.7. The van der Waals surface area contributed by atoms with E-state index in [1.165, 1.54) is 0 Å². The van der Waals surface area contributed by atoms with Crippen molar-refractivity contribution in [2.45, 2.75) is 66.6 Å². The van der Waals surface area contributed by atoms with Crippen LogP contribution in [0.5, 0.6) is 0 Å². The quantitative estimate of drug-likeness (QED) is 0.232. The summed E-state index contributed by atoms with van der Waals surface area (Å²) in [6.45, 7) is -3.82. The number of ether oxygens (including phenoxy) is 1. The largest absolute Gasteiger partial charge is 0.460 e. The fraction of sp³-hybridized carbons (Fsp3) is 1.00. The Labute approximate surface area is 175 Å². The van der Waals surface area contributed by atoms with Crippen LogP contribution in [0, 0.1) is 0 Å². The summed E-state index contributed by atoms with van der Waals surface area (Å²) in [5.74, 6) is -38.0. The zero-order valence-corrected chi connectivity index (χ0v) is 15.7. The molecule has 0 aliphatic carbocycles. The van der Waals surface area contributed by atoms with E-state index in [1.54, 1.807) is 0 Å². The molecule has 0 heterocycles. The predicted molar refractivity (Wildman–Crippen MR) is 77.3 cm³/mol. The highest BCUT2D eigenvalue weighted by Gasteiger charge is 2.90. The Morgan fingerprint density at radius 2 is 1.00 bits per heavy atom. The number of halogens is 13. The second-order valence-electron chi connectivity index (χ2n) is 6.70. The summed E-state index contributed by atoms with van der Waals surface area (Å²) in [5.41, 5.74) is 0. The van der Waals surface area contributed by atoms with Crippen molar-refractivity contribution in [3.63, 3.8) is 0 Å². The summed E-state index contributed by atoms with van der Waals surface area (Å²) >= 11 is 0. The molecule has 1 unspecified atom stereocenters. The molecular weight excluding hydrogens is 511 g/mol. The van der Waals surface area contributed by atoms with Gasteiger partial charge in [0.1, 0.15) is 18.3 Å². The van der Waals surface area contributed by atoms with Crippen LogP contribution in [0.4, 0.5) is 57.1 Å². The molecule has 33 heavy (non-hydrogen) atoms. The van der Waals surface area contributed by atoms with E-state index in [4.69, 9.17) is 10.2 Å². The first kappa shape index (κ1) is 31.8. The van der Waals surface area contributed by atoms with Gasteiger partial charge in [-0.15, -0.1) is 0 Å². The summed E-state index contributed by atoms with van der Waals surface area (Å²) in [5, 5.41) is 45.2. The van der Waals surface area contributed by atoms with E-state index in [0.29, 0.717) is 0 Å². The van der Waals surface area contributed by atoms with Crippen molar-refractivity contribution in [3.8, 4) is 0 Å². The van der Waals surface area contributed by atoms with Gasteiger partial charge in [0, 0.05) is 6.42 Å². The van der Waals surface area contributed by atoms with E-state index in [1.807, 2.05) is 0 Å². The summed E-state index contributed by atoms with van der Waals surface area (Å²) in [6.07, 6.45) is -19.6. The molecule has 4 atom stereocenters. The minimum atomic E-state index is -8.06. The van der Waals surface area contributed by atoms with E-state index in [9.17, 15) is 72.4 Å². The Morgan fingerprint density at radius 1 is 0.576 bits per heavy atom. The molecule has 0 fully saturated rings. The minimum Gasteiger partial charge on any atom is -0.394 e. The minimum absolute atomic E-state index is 1.09. The van der Waals surface area contributed by atoms with E-state index in [2.05, 4.69) is 4.74 Å². The zero-order chi connectivity index (χ0) is 26.8. The lowest BCUT2D eigenvalue weighted by atomic mass is 9.91. The van der Waals surface area contributed by atoms with Crippen LogP contribution in [-0.4, -0.2) is 106 Å². The number of aliphatic hydroxyl groups is 5. The maximum absolute atomic E-state index is 13.6. The molecule has 0 saturated carbocycles. The lowest BCUT2D eigenvalue weighted by Gasteiger charge is -2.40. The number of aliphatic hydroxyl groups excluding tert-OH is 5. The van der Waals surface area contributed by atoms with Crippen LogP contribution in [0.3, 0.4) is 0 Å². The van der Waals surface area contributed by atoms with Crippen LogP contribution >= 0.6 is 0 Å². The maximum Gasteiger partial charge on any atom is 0.460 e. The molecule has 0 rings (SSSR count). The number of rotatable bonds is 13. The SMILES string of the molecule is OC[C@@H](O)[C@H](O)[C@@H](O)COCC(O)CC(F)(F)C(F)(F)C(F)(F)C(F)(F)C(F)(F)C(F)(F)F. The third-order valence-electron chi connectivity index (χ3n) is 4.06. The second-order valence-corrected chi connectivity index (χ2v) is 6.70. The lowest BCUT2D eigenvalue weighted by Crippen LogP contribution is -2.70. The van der Waals surface area contributed by atoms with Crippen molar-refractivity contribution in [2.75, 3.05) is 19.8 Å². The highest BCUT2D eigenvalue weighted by molar-refractivity contribution is 5.10. The summed E-state index contributed by atoms with van der Waals surface area (Å²) in [6, 6.07) is 0. The molecule has 0 spiro atoms. The Morgan fingerprint density at radius 3 is 1.39 bits per heavy atom. The molecule has 0 radical (unpaired) electrons. The third kappa shape index (κ3) is 6.11. The van der Waals surface area contributed by atoms with Crippen LogP contribution in [0.1, 0.15) is 6.42 Å². The second kappa shape index (κ2) is 10.2. The van der Waals surface area contributed by atoms with E-state index >= 15 is 0 Å². The highest BCUT2D eigenvalue weighted by Crippen LogP contribution is 2.60. The normalized spacial score (nSPS) is 18.7.